The molecule has 2 rings (SSSR count). The Morgan fingerprint density at radius 3 is 2.67 bits per heavy atom. The van der Waals surface area contributed by atoms with Crippen molar-refractivity contribution in [3.8, 4) is 0 Å². The number of aromatic amines is 1. The van der Waals surface area contributed by atoms with Gasteiger partial charge in [0.1, 0.15) is 0 Å². The lowest BCUT2D eigenvalue weighted by atomic mass is 10.2. The molecule has 0 fully saturated rings. The molecule has 2 heterocycles. The van der Waals surface area contributed by atoms with Crippen LogP contribution in [0.1, 0.15) is 17.0 Å². The van der Waals surface area contributed by atoms with Gasteiger partial charge in [0.05, 0.1) is 18.1 Å². The third kappa shape index (κ3) is 2.53. The van der Waals surface area contributed by atoms with Gasteiger partial charge in [-0.3, -0.25) is 5.10 Å². The molecule has 0 atom stereocenters. The molecular formula is C12H20N6. The highest BCUT2D eigenvalue weighted by Gasteiger charge is 2.07. The van der Waals surface area contributed by atoms with Crippen LogP contribution in [0.25, 0.3) is 0 Å². The van der Waals surface area contributed by atoms with Crippen LogP contribution in [0.2, 0.25) is 0 Å². The molecule has 0 amide bonds. The van der Waals surface area contributed by atoms with Crippen molar-refractivity contribution in [2.24, 2.45) is 7.05 Å². The van der Waals surface area contributed by atoms with Gasteiger partial charge in [-0.15, -0.1) is 0 Å². The molecule has 6 heteroatoms. The highest BCUT2D eigenvalue weighted by Crippen LogP contribution is 2.11. The van der Waals surface area contributed by atoms with Crippen molar-refractivity contribution >= 4 is 5.95 Å². The summed E-state index contributed by atoms with van der Waals surface area (Å²) in [6, 6.07) is 0. The van der Waals surface area contributed by atoms with Crippen LogP contribution < -0.4 is 10.2 Å². The highest BCUT2D eigenvalue weighted by atomic mass is 15.3. The summed E-state index contributed by atoms with van der Waals surface area (Å²) in [6.07, 6.45) is 3.77. The van der Waals surface area contributed by atoms with E-state index in [1.54, 1.807) is 0 Å². The van der Waals surface area contributed by atoms with Crippen LogP contribution in [0, 0.1) is 6.92 Å². The van der Waals surface area contributed by atoms with E-state index in [9.17, 15) is 0 Å². The van der Waals surface area contributed by atoms with Crippen LogP contribution in [-0.4, -0.2) is 33.8 Å². The van der Waals surface area contributed by atoms with Gasteiger partial charge in [0.15, 0.2) is 0 Å². The number of aromatic nitrogens is 4. The molecule has 6 nitrogen and oxygen atoms in total. The van der Waals surface area contributed by atoms with Crippen molar-refractivity contribution in [2.45, 2.75) is 20.0 Å². The molecule has 0 aliphatic heterocycles. The fraction of sp³-hybridized carbons (Fsp3) is 0.500. The summed E-state index contributed by atoms with van der Waals surface area (Å²) in [6.45, 7) is 3.63. The first-order valence-corrected chi connectivity index (χ1v) is 5.97. The summed E-state index contributed by atoms with van der Waals surface area (Å²) in [5, 5.41) is 10.3. The minimum absolute atomic E-state index is 0.794. The highest BCUT2D eigenvalue weighted by molar-refractivity contribution is 5.30. The van der Waals surface area contributed by atoms with Gasteiger partial charge in [-0.1, -0.05) is 0 Å². The molecule has 2 aromatic heterocycles. The number of H-pyrrole nitrogens is 1. The molecule has 0 unspecified atom stereocenters. The van der Waals surface area contributed by atoms with Gasteiger partial charge in [0, 0.05) is 45.5 Å². The Morgan fingerprint density at radius 2 is 2.11 bits per heavy atom. The molecule has 0 radical (unpaired) electrons. The minimum atomic E-state index is 0.794. The summed E-state index contributed by atoms with van der Waals surface area (Å²) in [4.78, 5) is 6.38. The molecule has 0 aromatic carbocycles. The quantitative estimate of drug-likeness (QED) is 0.822. The Balaban J connectivity index is 1.93. The summed E-state index contributed by atoms with van der Waals surface area (Å²) in [5.74, 6) is 0.964. The van der Waals surface area contributed by atoms with Gasteiger partial charge >= 0.3 is 0 Å². The maximum atomic E-state index is 4.38. The van der Waals surface area contributed by atoms with Crippen molar-refractivity contribution in [3.63, 3.8) is 0 Å². The summed E-state index contributed by atoms with van der Waals surface area (Å²) < 4.78 is 2.09. The second kappa shape index (κ2) is 5.22. The van der Waals surface area contributed by atoms with E-state index in [-0.39, 0.29) is 0 Å². The number of hydrogen-bond acceptors (Lipinski definition) is 4. The predicted molar refractivity (Wildman–Crippen MR) is 71.4 cm³/mol. The maximum Gasteiger partial charge on any atom is 0.204 e. The lowest BCUT2D eigenvalue weighted by Gasteiger charge is -2.12. The zero-order valence-electron chi connectivity index (χ0n) is 11.4. The lowest BCUT2D eigenvalue weighted by molar-refractivity contribution is 0.652. The fourth-order valence-electron chi connectivity index (χ4n) is 1.89. The molecule has 0 bridgehead atoms. The number of anilines is 1. The van der Waals surface area contributed by atoms with Crippen LogP contribution >= 0.6 is 0 Å². The van der Waals surface area contributed by atoms with E-state index >= 15 is 0 Å². The van der Waals surface area contributed by atoms with Gasteiger partial charge in [-0.2, -0.15) is 5.10 Å². The van der Waals surface area contributed by atoms with Crippen LogP contribution in [0.5, 0.6) is 0 Å². The van der Waals surface area contributed by atoms with Gasteiger partial charge < -0.3 is 14.8 Å². The first-order chi connectivity index (χ1) is 8.59. The summed E-state index contributed by atoms with van der Waals surface area (Å²) >= 11 is 0. The van der Waals surface area contributed by atoms with Crippen molar-refractivity contribution in [3.05, 3.63) is 29.3 Å². The van der Waals surface area contributed by atoms with Gasteiger partial charge in [0.2, 0.25) is 5.95 Å². The number of aryl methyl sites for hydroxylation is 1. The van der Waals surface area contributed by atoms with Crippen LogP contribution in [-0.2, 0) is 20.1 Å². The number of imidazole rings is 1. The Bertz CT molecular complexity index is 510. The number of nitrogens with one attached hydrogen (secondary N) is 2. The van der Waals surface area contributed by atoms with E-state index < -0.39 is 0 Å². The molecule has 0 aliphatic carbocycles. The predicted octanol–water partition coefficient (Wildman–Crippen LogP) is 0.807. The van der Waals surface area contributed by atoms with E-state index in [1.807, 2.05) is 45.4 Å². The first kappa shape index (κ1) is 12.6. The zero-order valence-corrected chi connectivity index (χ0v) is 11.4. The molecule has 0 aliphatic rings. The molecule has 98 valence electrons. The number of nitrogens with zero attached hydrogens (tertiary/aromatic N) is 4. The third-order valence-corrected chi connectivity index (χ3v) is 3.02. The molecular weight excluding hydrogens is 228 g/mol. The Kier molecular flexibility index (Phi) is 3.66. The molecule has 2 N–H and O–H groups in total. The van der Waals surface area contributed by atoms with Crippen LogP contribution in [0.15, 0.2) is 12.4 Å². The average molecular weight is 248 g/mol. The molecule has 2 aromatic rings. The Hall–Kier alpha value is -1.82. The van der Waals surface area contributed by atoms with Crippen LogP contribution in [0.4, 0.5) is 5.95 Å². The first-order valence-electron chi connectivity index (χ1n) is 5.97. The number of hydrogen-bond donors (Lipinski definition) is 2. The van der Waals surface area contributed by atoms with Gasteiger partial charge in [0.25, 0.3) is 0 Å². The van der Waals surface area contributed by atoms with Gasteiger partial charge in [-0.05, 0) is 6.92 Å². The van der Waals surface area contributed by atoms with E-state index in [0.29, 0.717) is 0 Å². The topological polar surface area (TPSA) is 61.8 Å². The second-order valence-electron chi connectivity index (χ2n) is 4.63. The third-order valence-electron chi connectivity index (χ3n) is 3.02. The largest absolute Gasteiger partial charge is 0.348 e. The van der Waals surface area contributed by atoms with Crippen molar-refractivity contribution in [1.29, 1.82) is 0 Å². The average Bonchev–Trinajstić information content (AvgIpc) is 2.87. The standard InChI is InChI=1S/C12H20N6/c1-9-10(6-15-16-9)5-13-7-11-8-14-12(17(2)3)18(11)4/h6,8,13H,5,7H2,1-4H3,(H,15,16). The van der Waals surface area contributed by atoms with E-state index in [1.165, 1.54) is 11.3 Å². The SMILES string of the molecule is Cc1[nH]ncc1CNCc1cnc(N(C)C)n1C. The monoisotopic (exact) mass is 248 g/mol. The van der Waals surface area contributed by atoms with Crippen molar-refractivity contribution in [1.82, 2.24) is 25.1 Å². The Morgan fingerprint density at radius 1 is 1.33 bits per heavy atom. The van der Waals surface area contributed by atoms with Crippen LogP contribution in [0.3, 0.4) is 0 Å². The minimum Gasteiger partial charge on any atom is -0.348 e. The van der Waals surface area contributed by atoms with Crippen molar-refractivity contribution in [2.75, 3.05) is 19.0 Å². The molecule has 0 saturated carbocycles. The molecule has 0 spiro atoms. The van der Waals surface area contributed by atoms with Gasteiger partial charge in [-0.25, -0.2) is 4.98 Å². The van der Waals surface area contributed by atoms with E-state index in [2.05, 4.69) is 25.1 Å². The van der Waals surface area contributed by atoms with E-state index in [4.69, 9.17) is 0 Å². The number of rotatable bonds is 5. The second-order valence-corrected chi connectivity index (χ2v) is 4.63. The summed E-state index contributed by atoms with van der Waals surface area (Å²) in [7, 11) is 6.02. The normalized spacial score (nSPS) is 10.9. The van der Waals surface area contributed by atoms with E-state index in [0.717, 1.165) is 24.7 Å². The zero-order chi connectivity index (χ0) is 13.1. The smallest absolute Gasteiger partial charge is 0.204 e. The molecule has 0 saturated heterocycles. The Labute approximate surface area is 107 Å². The van der Waals surface area contributed by atoms with Crippen molar-refractivity contribution < 1.29 is 0 Å². The fourth-order valence-corrected chi connectivity index (χ4v) is 1.89. The lowest BCUT2D eigenvalue weighted by Crippen LogP contribution is -2.18. The maximum absolute atomic E-state index is 4.38. The molecule has 18 heavy (non-hydrogen) atoms. The summed E-state index contributed by atoms with van der Waals surface area (Å²) in [5.41, 5.74) is 3.48.